The molecule has 0 bridgehead atoms. The van der Waals surface area contributed by atoms with Crippen molar-refractivity contribution in [2.24, 2.45) is 0 Å². The zero-order valence-electron chi connectivity index (χ0n) is 14.4. The molecule has 0 saturated carbocycles. The van der Waals surface area contributed by atoms with Gasteiger partial charge in [-0.2, -0.15) is 0 Å². The van der Waals surface area contributed by atoms with E-state index >= 15 is 0 Å². The predicted molar refractivity (Wildman–Crippen MR) is 99.0 cm³/mol. The number of piperazine rings is 1. The van der Waals surface area contributed by atoms with E-state index in [1.54, 1.807) is 4.90 Å². The highest BCUT2D eigenvalue weighted by molar-refractivity contribution is 8.13. The van der Waals surface area contributed by atoms with Crippen LogP contribution in [0.25, 0.3) is 0 Å². The Hall–Kier alpha value is -1.73. The molecule has 2 fully saturated rings. The summed E-state index contributed by atoms with van der Waals surface area (Å²) in [5, 5.41) is 0.107. The van der Waals surface area contributed by atoms with Gasteiger partial charge in [0.05, 0.1) is 0 Å². The van der Waals surface area contributed by atoms with Crippen LogP contribution in [0.2, 0.25) is 0 Å². The molecule has 0 aliphatic carbocycles. The molecule has 1 aromatic carbocycles. The Balaban J connectivity index is 1.31. The van der Waals surface area contributed by atoms with Gasteiger partial charge < -0.3 is 14.5 Å². The van der Waals surface area contributed by atoms with Crippen LogP contribution in [-0.4, -0.2) is 84.0 Å². The molecule has 0 spiro atoms. The van der Waals surface area contributed by atoms with Crippen molar-refractivity contribution in [3.8, 4) is 5.75 Å². The topological polar surface area (TPSA) is 53.1 Å². The monoisotopic (exact) mass is 363 g/mol. The third kappa shape index (κ3) is 5.37. The summed E-state index contributed by atoms with van der Waals surface area (Å²) in [6.45, 7) is 6.12. The van der Waals surface area contributed by atoms with Gasteiger partial charge in [-0.05, 0) is 12.1 Å². The van der Waals surface area contributed by atoms with Gasteiger partial charge in [0.15, 0.2) is 0 Å². The van der Waals surface area contributed by atoms with E-state index in [9.17, 15) is 9.59 Å². The van der Waals surface area contributed by atoms with Gasteiger partial charge in [-0.3, -0.25) is 14.5 Å². The van der Waals surface area contributed by atoms with E-state index in [2.05, 4.69) is 4.90 Å². The predicted octanol–water partition coefficient (Wildman–Crippen LogP) is 1.77. The Bertz CT molecular complexity index is 576. The van der Waals surface area contributed by atoms with E-state index in [1.165, 1.54) is 11.8 Å². The van der Waals surface area contributed by atoms with Gasteiger partial charge in [-0.1, -0.05) is 30.0 Å². The third-order valence-corrected chi connectivity index (χ3v) is 5.48. The van der Waals surface area contributed by atoms with Gasteiger partial charge in [0.25, 0.3) is 5.24 Å². The lowest BCUT2D eigenvalue weighted by Gasteiger charge is -2.35. The zero-order valence-corrected chi connectivity index (χ0v) is 15.2. The second-order valence-electron chi connectivity index (χ2n) is 6.24. The van der Waals surface area contributed by atoms with Crippen LogP contribution in [0.15, 0.2) is 30.3 Å². The number of ether oxygens (including phenoxy) is 1. The molecule has 2 aliphatic heterocycles. The lowest BCUT2D eigenvalue weighted by Crippen LogP contribution is -2.50. The number of hydrogen-bond acceptors (Lipinski definition) is 5. The van der Waals surface area contributed by atoms with Crippen molar-refractivity contribution in [1.29, 1.82) is 0 Å². The molecule has 0 unspecified atom stereocenters. The number of carbonyl (C=O) groups excluding carboxylic acids is 2. The largest absolute Gasteiger partial charge is 0.492 e. The average Bonchev–Trinajstić information content (AvgIpc) is 3.06. The van der Waals surface area contributed by atoms with Crippen molar-refractivity contribution >= 4 is 22.9 Å². The van der Waals surface area contributed by atoms with Crippen LogP contribution < -0.4 is 4.74 Å². The van der Waals surface area contributed by atoms with E-state index in [4.69, 9.17) is 4.74 Å². The lowest BCUT2D eigenvalue weighted by atomic mass is 10.2. The minimum atomic E-state index is 0.107. The van der Waals surface area contributed by atoms with Crippen LogP contribution in [0.3, 0.4) is 0 Å². The summed E-state index contributed by atoms with van der Waals surface area (Å²) in [6.07, 6.45) is 0.434. The number of thioether (sulfide) groups is 1. The van der Waals surface area contributed by atoms with E-state index in [-0.39, 0.29) is 11.1 Å². The van der Waals surface area contributed by atoms with Gasteiger partial charge in [0.1, 0.15) is 12.4 Å². The molecular weight excluding hydrogens is 338 g/mol. The van der Waals surface area contributed by atoms with Crippen molar-refractivity contribution in [2.75, 3.05) is 58.2 Å². The lowest BCUT2D eigenvalue weighted by molar-refractivity contribution is -0.133. The second-order valence-corrected chi connectivity index (χ2v) is 7.28. The number of nitrogens with zero attached hydrogens (tertiary/aromatic N) is 3. The molecule has 2 aliphatic rings. The van der Waals surface area contributed by atoms with Gasteiger partial charge >= 0.3 is 0 Å². The molecule has 0 N–H and O–H groups in total. The van der Waals surface area contributed by atoms with Gasteiger partial charge in [0.2, 0.25) is 5.91 Å². The van der Waals surface area contributed by atoms with E-state index in [1.807, 2.05) is 35.2 Å². The SMILES string of the molecule is O=C(CCN1CCSC1=O)N1CCN(CCOc2ccccc2)CC1. The second kappa shape index (κ2) is 9.10. The van der Waals surface area contributed by atoms with Crippen LogP contribution >= 0.6 is 11.8 Å². The smallest absolute Gasteiger partial charge is 0.281 e. The Labute approximate surface area is 153 Å². The Morgan fingerprint density at radius 2 is 1.80 bits per heavy atom. The third-order valence-electron chi connectivity index (χ3n) is 4.58. The van der Waals surface area contributed by atoms with Crippen LogP contribution in [-0.2, 0) is 4.79 Å². The fraction of sp³-hybridized carbons (Fsp3) is 0.556. The maximum absolute atomic E-state index is 12.3. The Morgan fingerprint density at radius 1 is 1.04 bits per heavy atom. The summed E-state index contributed by atoms with van der Waals surface area (Å²) in [7, 11) is 0. The first-order chi connectivity index (χ1) is 12.2. The summed E-state index contributed by atoms with van der Waals surface area (Å²) < 4.78 is 5.73. The summed E-state index contributed by atoms with van der Waals surface area (Å²) in [6, 6.07) is 9.82. The Morgan fingerprint density at radius 3 is 2.48 bits per heavy atom. The van der Waals surface area contributed by atoms with E-state index in [0.717, 1.165) is 50.8 Å². The molecule has 0 aromatic heterocycles. The molecule has 2 amide bonds. The summed E-state index contributed by atoms with van der Waals surface area (Å²) in [4.78, 5) is 29.9. The minimum absolute atomic E-state index is 0.107. The average molecular weight is 363 g/mol. The highest BCUT2D eigenvalue weighted by Crippen LogP contribution is 2.17. The number of amides is 2. The van der Waals surface area contributed by atoms with Crippen LogP contribution in [0.1, 0.15) is 6.42 Å². The molecule has 2 heterocycles. The summed E-state index contributed by atoms with van der Waals surface area (Å²) in [5.41, 5.74) is 0. The standard InChI is InChI=1S/C18H25N3O3S/c22-17(6-7-21-13-15-25-18(21)23)20-10-8-19(9-11-20)12-14-24-16-4-2-1-3-5-16/h1-5H,6-15H2. The molecule has 0 atom stereocenters. The molecule has 3 rings (SSSR count). The highest BCUT2D eigenvalue weighted by Gasteiger charge is 2.24. The van der Waals surface area contributed by atoms with Crippen LogP contribution in [0, 0.1) is 0 Å². The number of carbonyl (C=O) groups is 2. The van der Waals surface area contributed by atoms with E-state index in [0.29, 0.717) is 19.6 Å². The molecular formula is C18H25N3O3S. The van der Waals surface area contributed by atoms with Crippen molar-refractivity contribution < 1.29 is 14.3 Å². The zero-order chi connectivity index (χ0) is 17.5. The minimum Gasteiger partial charge on any atom is -0.492 e. The highest BCUT2D eigenvalue weighted by atomic mass is 32.2. The van der Waals surface area contributed by atoms with Crippen molar-refractivity contribution in [3.63, 3.8) is 0 Å². The first-order valence-corrected chi connectivity index (χ1v) is 9.80. The summed E-state index contributed by atoms with van der Waals surface area (Å²) >= 11 is 1.34. The first-order valence-electron chi connectivity index (χ1n) is 8.82. The van der Waals surface area contributed by atoms with Crippen molar-refractivity contribution in [1.82, 2.24) is 14.7 Å². The number of hydrogen-bond donors (Lipinski definition) is 0. The molecule has 7 heteroatoms. The quantitative estimate of drug-likeness (QED) is 0.739. The normalized spacial score (nSPS) is 18.6. The maximum atomic E-state index is 12.3. The maximum Gasteiger partial charge on any atom is 0.281 e. The fourth-order valence-corrected chi connectivity index (χ4v) is 3.90. The first kappa shape index (κ1) is 18.1. The van der Waals surface area contributed by atoms with Gasteiger partial charge in [-0.15, -0.1) is 0 Å². The molecule has 136 valence electrons. The van der Waals surface area contributed by atoms with Gasteiger partial charge in [0, 0.05) is 58.0 Å². The fourth-order valence-electron chi connectivity index (χ4n) is 3.05. The molecule has 25 heavy (non-hydrogen) atoms. The number of para-hydroxylation sites is 1. The molecule has 0 radical (unpaired) electrons. The summed E-state index contributed by atoms with van der Waals surface area (Å²) in [5.74, 6) is 1.90. The van der Waals surface area contributed by atoms with Crippen molar-refractivity contribution in [2.45, 2.75) is 6.42 Å². The van der Waals surface area contributed by atoms with E-state index < -0.39 is 0 Å². The number of benzene rings is 1. The molecule has 1 aromatic rings. The van der Waals surface area contributed by atoms with Crippen molar-refractivity contribution in [3.05, 3.63) is 30.3 Å². The van der Waals surface area contributed by atoms with Gasteiger partial charge in [-0.25, -0.2) is 0 Å². The van der Waals surface area contributed by atoms with Crippen LogP contribution in [0.5, 0.6) is 5.75 Å². The molecule has 2 saturated heterocycles. The number of rotatable bonds is 7. The van der Waals surface area contributed by atoms with Crippen LogP contribution in [0.4, 0.5) is 4.79 Å². The Kier molecular flexibility index (Phi) is 6.58. The molecule has 6 nitrogen and oxygen atoms in total.